The summed E-state index contributed by atoms with van der Waals surface area (Å²) in [5, 5.41) is 19.0. The van der Waals surface area contributed by atoms with Crippen molar-refractivity contribution in [2.75, 3.05) is 0 Å². The molecule has 1 aromatic heterocycles. The van der Waals surface area contributed by atoms with Gasteiger partial charge in [0.15, 0.2) is 0 Å². The summed E-state index contributed by atoms with van der Waals surface area (Å²) in [5.74, 6) is 2.10. The number of hydrogen-bond donors (Lipinski definition) is 2. The van der Waals surface area contributed by atoms with Crippen molar-refractivity contribution < 1.29 is 27.1 Å². The number of benzene rings is 1. The number of para-hydroxylation sites is 2. The number of aromatic nitrogens is 2. The number of unbranched alkanes of at least 4 members (excludes halogenated alkanes) is 1. The molecule has 4 rings (SSSR count). The fraction of sp³-hybridized carbons (Fsp3) is 0.190. The minimum Gasteiger partial charge on any atom is -0.427 e. The number of rotatable bonds is 5. The van der Waals surface area contributed by atoms with Crippen LogP contribution in [-0.4, -0.2) is 26.7 Å². The van der Waals surface area contributed by atoms with Gasteiger partial charge in [0, 0.05) is 18.3 Å². The van der Waals surface area contributed by atoms with Gasteiger partial charge in [0.1, 0.15) is 5.82 Å². The zero-order chi connectivity index (χ0) is 18.4. The normalized spacial score (nSPS) is 17.6. The molecule has 0 saturated heterocycles. The van der Waals surface area contributed by atoms with Crippen LogP contribution in [0.2, 0.25) is 0 Å². The molecule has 1 heterocycles. The molecule has 10 radical (unpaired) electrons. The molecule has 1 aromatic carbocycles. The number of hydrogen-bond acceptors (Lipinski definition) is 3. The van der Waals surface area contributed by atoms with Gasteiger partial charge in [-0.25, -0.2) is 4.98 Å². The average molecular weight is 402 g/mol. The van der Waals surface area contributed by atoms with Gasteiger partial charge in [-0.15, -0.1) is 0 Å². The summed E-state index contributed by atoms with van der Waals surface area (Å²) in [6.07, 6.45) is 17.6. The van der Waals surface area contributed by atoms with Gasteiger partial charge in [0.25, 0.3) is 0 Å². The number of fused-ring (bicyclic) bond motifs is 1. The van der Waals surface area contributed by atoms with E-state index < -0.39 is 7.12 Å². The van der Waals surface area contributed by atoms with Crippen LogP contribution in [0.25, 0.3) is 11.0 Å². The fourth-order valence-corrected chi connectivity index (χ4v) is 3.01. The molecule has 0 bridgehead atoms. The predicted octanol–water partition coefficient (Wildman–Crippen LogP) is 2.99. The van der Waals surface area contributed by atoms with Crippen molar-refractivity contribution in [1.82, 2.24) is 9.55 Å². The summed E-state index contributed by atoms with van der Waals surface area (Å²) >= 11 is 0. The van der Waals surface area contributed by atoms with Gasteiger partial charge in [-0.2, -0.15) is 0 Å². The first-order chi connectivity index (χ1) is 12.7. The summed E-state index contributed by atoms with van der Waals surface area (Å²) in [6.45, 7) is 3.03. The van der Waals surface area contributed by atoms with E-state index in [2.05, 4.69) is 17.6 Å². The van der Waals surface area contributed by atoms with Crippen LogP contribution < -0.4 is 0 Å². The summed E-state index contributed by atoms with van der Waals surface area (Å²) in [4.78, 5) is 4.69. The van der Waals surface area contributed by atoms with Crippen LogP contribution >= 0.6 is 0 Å². The first kappa shape index (κ1) is 22.5. The number of aryl methyl sites for hydroxylation is 1. The molecule has 2 fully saturated rings. The van der Waals surface area contributed by atoms with Gasteiger partial charge in [-0.1, -0.05) is 25.5 Å². The van der Waals surface area contributed by atoms with Gasteiger partial charge in [0.2, 0.25) is 0 Å². The van der Waals surface area contributed by atoms with Crippen LogP contribution in [0, 0.1) is 63.1 Å². The zero-order valence-corrected chi connectivity index (χ0v) is 16.4. The van der Waals surface area contributed by atoms with Crippen LogP contribution in [0.3, 0.4) is 0 Å². The van der Waals surface area contributed by atoms with E-state index in [1.54, 1.807) is 6.42 Å². The minimum atomic E-state index is -1.48. The second-order valence-corrected chi connectivity index (χ2v) is 6.16. The summed E-state index contributed by atoms with van der Waals surface area (Å²) in [6, 6.07) is 8.01. The largest absolute Gasteiger partial charge is 2.00 e. The smallest absolute Gasteiger partial charge is 0.427 e. The molecular formula is C21H23BFeN2O2+2. The molecule has 0 aliphatic heterocycles. The molecular weight excluding hydrogens is 379 g/mol. The number of imidazole rings is 1. The first-order valence-electron chi connectivity index (χ1n) is 8.96. The van der Waals surface area contributed by atoms with E-state index in [0.717, 1.165) is 42.2 Å². The van der Waals surface area contributed by atoms with E-state index in [9.17, 15) is 10.0 Å². The Morgan fingerprint density at radius 2 is 1.63 bits per heavy atom. The SMILES string of the molecule is CCCCn1c([C]2[CH][CH][CH][C]2B(O)O)nc2ccccc21.[CH]1[CH][CH][CH][CH]1.[Fe+2]. The number of nitrogens with zero attached hydrogens (tertiary/aromatic N) is 2. The summed E-state index contributed by atoms with van der Waals surface area (Å²) in [5.41, 5.74) is 2.02. The van der Waals surface area contributed by atoms with Crippen molar-refractivity contribution in [2.24, 2.45) is 0 Å². The van der Waals surface area contributed by atoms with Gasteiger partial charge in [-0.05, 0) is 69.9 Å². The Morgan fingerprint density at radius 3 is 2.26 bits per heavy atom. The van der Waals surface area contributed by atoms with Gasteiger partial charge in [0.05, 0.1) is 11.0 Å². The molecule has 2 N–H and O–H groups in total. The third-order valence-corrected chi connectivity index (χ3v) is 4.31. The fourth-order valence-electron chi connectivity index (χ4n) is 3.01. The third kappa shape index (κ3) is 5.60. The molecule has 0 atom stereocenters. The first-order valence-corrected chi connectivity index (χ1v) is 8.96. The molecule has 2 saturated carbocycles. The van der Waals surface area contributed by atoms with Crippen LogP contribution in [0.1, 0.15) is 25.6 Å². The van der Waals surface area contributed by atoms with Gasteiger partial charge in [-0.3, -0.25) is 0 Å². The Bertz CT molecular complexity index is 680. The second kappa shape index (κ2) is 11.3. The molecule has 0 spiro atoms. The molecule has 0 amide bonds. The topological polar surface area (TPSA) is 58.3 Å². The van der Waals surface area contributed by atoms with E-state index >= 15 is 0 Å². The Labute approximate surface area is 174 Å². The second-order valence-electron chi connectivity index (χ2n) is 6.16. The van der Waals surface area contributed by atoms with Crippen molar-refractivity contribution in [3.05, 3.63) is 93.2 Å². The Balaban J connectivity index is 0.000000379. The van der Waals surface area contributed by atoms with Crippen LogP contribution in [-0.2, 0) is 23.6 Å². The Hall–Kier alpha value is -0.806. The van der Waals surface area contributed by atoms with Crippen molar-refractivity contribution in [1.29, 1.82) is 0 Å². The third-order valence-electron chi connectivity index (χ3n) is 4.31. The van der Waals surface area contributed by atoms with E-state index in [-0.39, 0.29) is 17.1 Å². The van der Waals surface area contributed by atoms with Crippen molar-refractivity contribution in [3.63, 3.8) is 0 Å². The van der Waals surface area contributed by atoms with Crippen LogP contribution in [0.4, 0.5) is 0 Å². The molecule has 138 valence electrons. The average Bonchev–Trinajstić information content (AvgIpc) is 3.40. The van der Waals surface area contributed by atoms with Gasteiger partial charge >= 0.3 is 24.2 Å². The molecule has 6 heteroatoms. The summed E-state index contributed by atoms with van der Waals surface area (Å²) < 4.78 is 2.17. The molecule has 2 aromatic rings. The monoisotopic (exact) mass is 402 g/mol. The molecule has 27 heavy (non-hydrogen) atoms. The molecule has 2 aliphatic carbocycles. The standard InChI is InChI=1S/C16H18BN2O2.C5H5.Fe/c1-2-3-11-19-15-10-5-4-9-14(15)18-16(19)12-7-6-8-13(12)17(20)21;1-2-4-5-3-1;/h4-10,20-21H,2-3,11H2,1H3;1-5H;/q;;+2. The van der Waals surface area contributed by atoms with E-state index in [0.29, 0.717) is 5.82 Å². The van der Waals surface area contributed by atoms with E-state index in [4.69, 9.17) is 4.98 Å². The maximum atomic E-state index is 9.52. The minimum absolute atomic E-state index is 0. The molecule has 4 nitrogen and oxygen atoms in total. The molecule has 2 aliphatic rings. The molecule has 0 unspecified atom stereocenters. The summed E-state index contributed by atoms with van der Waals surface area (Å²) in [7, 11) is -1.48. The van der Waals surface area contributed by atoms with Crippen molar-refractivity contribution >= 4 is 18.2 Å². The van der Waals surface area contributed by atoms with Gasteiger partial charge < -0.3 is 14.6 Å². The van der Waals surface area contributed by atoms with Crippen molar-refractivity contribution in [3.8, 4) is 0 Å². The van der Waals surface area contributed by atoms with E-state index in [1.165, 1.54) is 0 Å². The predicted molar refractivity (Wildman–Crippen MR) is 105 cm³/mol. The quantitative estimate of drug-likeness (QED) is 0.757. The van der Waals surface area contributed by atoms with Crippen LogP contribution in [0.15, 0.2) is 24.3 Å². The Morgan fingerprint density at radius 1 is 0.963 bits per heavy atom. The maximum absolute atomic E-state index is 9.52. The van der Waals surface area contributed by atoms with E-state index in [1.807, 2.05) is 63.1 Å². The maximum Gasteiger partial charge on any atom is 2.00 e. The van der Waals surface area contributed by atoms with Crippen molar-refractivity contribution in [2.45, 2.75) is 26.3 Å². The Kier molecular flexibility index (Phi) is 9.37. The van der Waals surface area contributed by atoms with Crippen LogP contribution in [0.5, 0.6) is 0 Å². The zero-order valence-electron chi connectivity index (χ0n) is 15.3.